The maximum Gasteiger partial charge on any atom is 0.228 e. The lowest BCUT2D eigenvalue weighted by molar-refractivity contribution is -0.313. The van der Waals surface area contributed by atoms with Crippen LogP contribution < -0.4 is 15.2 Å². The van der Waals surface area contributed by atoms with Gasteiger partial charge in [0, 0.05) is 23.5 Å². The predicted molar refractivity (Wildman–Crippen MR) is 96.8 cm³/mol. The zero-order chi connectivity index (χ0) is 18.5. The molecule has 26 heavy (non-hydrogen) atoms. The summed E-state index contributed by atoms with van der Waals surface area (Å²) in [6.45, 7) is 2.00. The second kappa shape index (κ2) is 8.04. The molecule has 1 fully saturated rings. The molecule has 3 rings (SSSR count). The van der Waals surface area contributed by atoms with E-state index in [0.29, 0.717) is 24.3 Å². The van der Waals surface area contributed by atoms with Crippen LogP contribution in [-0.2, 0) is 9.59 Å². The number of amides is 1. The molecule has 1 aliphatic rings. The number of nitrogens with one attached hydrogen (secondary N) is 1. The lowest BCUT2D eigenvalue weighted by Crippen LogP contribution is -2.42. The Morgan fingerprint density at radius 3 is 2.35 bits per heavy atom. The minimum Gasteiger partial charge on any atom is -0.550 e. The van der Waals surface area contributed by atoms with Crippen LogP contribution in [0, 0.1) is 18.8 Å². The van der Waals surface area contributed by atoms with Crippen LogP contribution in [0.4, 0.5) is 5.69 Å². The van der Waals surface area contributed by atoms with Crippen LogP contribution in [0.3, 0.4) is 0 Å². The van der Waals surface area contributed by atoms with E-state index in [2.05, 4.69) is 5.32 Å². The van der Waals surface area contributed by atoms with Crippen molar-refractivity contribution in [1.82, 2.24) is 0 Å². The molecular formula is C21H22NO4-. The number of anilines is 1. The van der Waals surface area contributed by atoms with Crippen molar-refractivity contribution in [3.63, 3.8) is 0 Å². The van der Waals surface area contributed by atoms with Crippen LogP contribution in [0.5, 0.6) is 11.5 Å². The van der Waals surface area contributed by atoms with E-state index in [1.54, 1.807) is 24.3 Å². The highest BCUT2D eigenvalue weighted by molar-refractivity contribution is 5.95. The van der Waals surface area contributed by atoms with Crippen LogP contribution >= 0.6 is 0 Å². The van der Waals surface area contributed by atoms with Gasteiger partial charge in [-0.3, -0.25) is 4.79 Å². The summed E-state index contributed by atoms with van der Waals surface area (Å²) in [5, 5.41) is 14.1. The maximum absolute atomic E-state index is 12.5. The van der Waals surface area contributed by atoms with E-state index in [9.17, 15) is 14.7 Å². The number of carboxylic acids is 1. The minimum absolute atomic E-state index is 0.258. The Bertz CT molecular complexity index is 785. The van der Waals surface area contributed by atoms with Crippen molar-refractivity contribution >= 4 is 17.6 Å². The van der Waals surface area contributed by atoms with Gasteiger partial charge in [-0.1, -0.05) is 25.0 Å². The van der Waals surface area contributed by atoms with Crippen molar-refractivity contribution in [2.75, 3.05) is 5.32 Å². The zero-order valence-corrected chi connectivity index (χ0v) is 14.7. The Balaban J connectivity index is 1.63. The monoisotopic (exact) mass is 352 g/mol. The standard InChI is InChI=1S/C21H23NO4/c1-14-5-4-6-17(13-14)26-16-11-9-15(10-12-16)22-20(23)18-7-2-3-8-19(18)21(24)25/h4-6,9-13,18-19H,2-3,7-8H2,1H3,(H,22,23)(H,24,25)/p-1/t18-,19+/m0/s1. The first-order valence-corrected chi connectivity index (χ1v) is 8.89. The van der Waals surface area contributed by atoms with Crippen LogP contribution in [0.25, 0.3) is 0 Å². The van der Waals surface area contributed by atoms with Crippen LogP contribution in [0.2, 0.25) is 0 Å². The van der Waals surface area contributed by atoms with Gasteiger partial charge in [-0.15, -0.1) is 0 Å². The summed E-state index contributed by atoms with van der Waals surface area (Å²) < 4.78 is 5.79. The summed E-state index contributed by atoms with van der Waals surface area (Å²) in [4.78, 5) is 23.7. The first-order chi connectivity index (χ1) is 12.5. The number of aliphatic carboxylic acids is 1. The lowest BCUT2D eigenvalue weighted by Gasteiger charge is -2.31. The van der Waals surface area contributed by atoms with E-state index >= 15 is 0 Å². The topological polar surface area (TPSA) is 78.5 Å². The molecule has 5 nitrogen and oxygen atoms in total. The summed E-state index contributed by atoms with van der Waals surface area (Å²) >= 11 is 0. The lowest BCUT2D eigenvalue weighted by atomic mass is 9.78. The molecule has 0 aromatic heterocycles. The van der Waals surface area contributed by atoms with Gasteiger partial charge in [0.1, 0.15) is 11.5 Å². The molecule has 5 heteroatoms. The smallest absolute Gasteiger partial charge is 0.228 e. The van der Waals surface area contributed by atoms with Crippen molar-refractivity contribution in [1.29, 1.82) is 0 Å². The predicted octanol–water partition coefficient (Wildman–Crippen LogP) is 3.28. The summed E-state index contributed by atoms with van der Waals surface area (Å²) in [6, 6.07) is 14.8. The fraction of sp³-hybridized carbons (Fsp3) is 0.333. The van der Waals surface area contributed by atoms with E-state index in [0.717, 1.165) is 24.2 Å². The number of carboxylic acid groups (broad SMARTS) is 1. The van der Waals surface area contributed by atoms with Gasteiger partial charge in [0.05, 0.1) is 0 Å². The van der Waals surface area contributed by atoms with E-state index in [-0.39, 0.29) is 5.91 Å². The average molecular weight is 352 g/mol. The van der Waals surface area contributed by atoms with Gasteiger partial charge in [-0.05, 0) is 61.7 Å². The molecule has 0 saturated heterocycles. The summed E-state index contributed by atoms with van der Waals surface area (Å²) in [6.07, 6.45) is 2.78. The fourth-order valence-electron chi connectivity index (χ4n) is 3.38. The number of benzene rings is 2. The Morgan fingerprint density at radius 2 is 1.69 bits per heavy atom. The fourth-order valence-corrected chi connectivity index (χ4v) is 3.38. The Kier molecular flexibility index (Phi) is 5.56. The third-order valence-electron chi connectivity index (χ3n) is 4.75. The molecule has 0 heterocycles. The Hall–Kier alpha value is -2.82. The summed E-state index contributed by atoms with van der Waals surface area (Å²) in [5.41, 5.74) is 1.73. The molecule has 136 valence electrons. The van der Waals surface area contributed by atoms with Crippen LogP contribution in [0.1, 0.15) is 31.2 Å². The van der Waals surface area contributed by atoms with Gasteiger partial charge in [-0.2, -0.15) is 0 Å². The number of carbonyl (C=O) groups is 2. The van der Waals surface area contributed by atoms with Gasteiger partial charge in [0.2, 0.25) is 5.91 Å². The van der Waals surface area contributed by atoms with Gasteiger partial charge in [-0.25, -0.2) is 0 Å². The maximum atomic E-state index is 12.5. The van der Waals surface area contributed by atoms with Crippen molar-refractivity contribution in [3.8, 4) is 11.5 Å². The highest BCUT2D eigenvalue weighted by atomic mass is 16.5. The van der Waals surface area contributed by atoms with Gasteiger partial charge < -0.3 is 20.0 Å². The van der Waals surface area contributed by atoms with Gasteiger partial charge >= 0.3 is 0 Å². The molecule has 0 spiro atoms. The quantitative estimate of drug-likeness (QED) is 0.896. The summed E-state index contributed by atoms with van der Waals surface area (Å²) in [5.74, 6) is -1.21. The molecule has 1 saturated carbocycles. The largest absolute Gasteiger partial charge is 0.550 e. The molecule has 0 bridgehead atoms. The number of hydrogen-bond donors (Lipinski definition) is 1. The summed E-state index contributed by atoms with van der Waals surface area (Å²) in [7, 11) is 0. The number of hydrogen-bond acceptors (Lipinski definition) is 4. The van der Waals surface area contributed by atoms with E-state index in [1.165, 1.54) is 0 Å². The number of ether oxygens (including phenoxy) is 1. The van der Waals surface area contributed by atoms with Crippen molar-refractivity contribution in [2.24, 2.45) is 11.8 Å². The van der Waals surface area contributed by atoms with Gasteiger partial charge in [0.25, 0.3) is 0 Å². The van der Waals surface area contributed by atoms with E-state index in [4.69, 9.17) is 4.74 Å². The van der Waals surface area contributed by atoms with Crippen molar-refractivity contribution in [2.45, 2.75) is 32.6 Å². The zero-order valence-electron chi connectivity index (χ0n) is 14.7. The second-order valence-electron chi connectivity index (χ2n) is 6.75. The van der Waals surface area contributed by atoms with Crippen molar-refractivity contribution < 1.29 is 19.4 Å². The van der Waals surface area contributed by atoms with Crippen molar-refractivity contribution in [3.05, 3.63) is 54.1 Å². The molecule has 0 unspecified atom stereocenters. The number of carbonyl (C=O) groups excluding carboxylic acids is 2. The molecule has 1 aliphatic carbocycles. The third-order valence-corrected chi connectivity index (χ3v) is 4.75. The Morgan fingerprint density at radius 1 is 1.00 bits per heavy atom. The molecule has 2 aromatic rings. The van der Waals surface area contributed by atoms with Gasteiger partial charge in [0.15, 0.2) is 0 Å². The molecular weight excluding hydrogens is 330 g/mol. The number of aryl methyl sites for hydroxylation is 1. The Labute approximate surface area is 153 Å². The number of rotatable bonds is 5. The molecule has 0 radical (unpaired) electrons. The van der Waals surface area contributed by atoms with E-state index in [1.807, 2.05) is 31.2 Å². The SMILES string of the molecule is Cc1cccc(Oc2ccc(NC(=O)[C@H]3CCCC[C@H]3C(=O)[O-])cc2)c1. The van der Waals surface area contributed by atoms with E-state index < -0.39 is 17.8 Å². The minimum atomic E-state index is -1.13. The highest BCUT2D eigenvalue weighted by Gasteiger charge is 2.31. The molecule has 1 amide bonds. The normalized spacial score (nSPS) is 19.6. The van der Waals surface area contributed by atoms with Crippen LogP contribution in [0.15, 0.2) is 48.5 Å². The molecule has 2 aromatic carbocycles. The molecule has 1 N–H and O–H groups in total. The highest BCUT2D eigenvalue weighted by Crippen LogP contribution is 2.31. The first kappa shape index (κ1) is 18.0. The average Bonchev–Trinajstić information content (AvgIpc) is 2.63. The van der Waals surface area contributed by atoms with Crippen LogP contribution in [-0.4, -0.2) is 11.9 Å². The first-order valence-electron chi connectivity index (χ1n) is 8.89. The second-order valence-corrected chi connectivity index (χ2v) is 6.75. The molecule has 0 aliphatic heterocycles. The molecule has 2 atom stereocenters. The third kappa shape index (κ3) is 4.42.